The summed E-state index contributed by atoms with van der Waals surface area (Å²) in [4.78, 5) is 10.5. The van der Waals surface area contributed by atoms with Gasteiger partial charge in [0.1, 0.15) is 11.2 Å². The van der Waals surface area contributed by atoms with Crippen molar-refractivity contribution in [3.63, 3.8) is 0 Å². The van der Waals surface area contributed by atoms with E-state index >= 15 is 0 Å². The van der Waals surface area contributed by atoms with E-state index < -0.39 is 21.0 Å². The first kappa shape index (κ1) is 21.6. The highest BCUT2D eigenvalue weighted by Gasteiger charge is 2.23. The minimum absolute atomic E-state index is 0.0395. The Morgan fingerprint density at radius 1 is 1.03 bits per heavy atom. The van der Waals surface area contributed by atoms with Gasteiger partial charge in [-0.2, -0.15) is 0 Å². The Balaban J connectivity index is 1.74. The molecule has 0 amide bonds. The first-order chi connectivity index (χ1) is 14.7. The van der Waals surface area contributed by atoms with Gasteiger partial charge in [-0.15, -0.1) is 0 Å². The van der Waals surface area contributed by atoms with Crippen molar-refractivity contribution in [2.45, 2.75) is 24.3 Å². The van der Waals surface area contributed by atoms with E-state index in [1.807, 2.05) is 6.92 Å². The molecule has 0 fully saturated rings. The number of hydrogen-bond donors (Lipinski definition) is 1. The molecule has 160 valence electrons. The predicted molar refractivity (Wildman–Crippen MR) is 120 cm³/mol. The van der Waals surface area contributed by atoms with Crippen molar-refractivity contribution < 1.29 is 17.8 Å². The van der Waals surface area contributed by atoms with Crippen LogP contribution in [0, 0.1) is 10.1 Å². The quantitative estimate of drug-likeness (QED) is 0.261. The van der Waals surface area contributed by atoms with Gasteiger partial charge in [-0.25, -0.2) is 13.1 Å². The number of sulfonamides is 1. The fraction of sp³-hybridized carbons (Fsp3) is 0.143. The van der Waals surface area contributed by atoms with Crippen molar-refractivity contribution >= 4 is 60.9 Å². The second kappa shape index (κ2) is 8.12. The highest BCUT2D eigenvalue weighted by Crippen LogP contribution is 2.34. The van der Waals surface area contributed by atoms with Crippen LogP contribution in [0.3, 0.4) is 0 Å². The average molecular weight is 479 g/mol. The van der Waals surface area contributed by atoms with Crippen molar-refractivity contribution in [3.8, 4) is 0 Å². The van der Waals surface area contributed by atoms with Crippen LogP contribution in [0.2, 0.25) is 10.0 Å². The number of nitrogens with one attached hydrogen (secondary N) is 1. The Morgan fingerprint density at radius 3 is 2.52 bits per heavy atom. The molecule has 3 aromatic carbocycles. The van der Waals surface area contributed by atoms with Crippen LogP contribution in [0.4, 0.5) is 5.69 Å². The van der Waals surface area contributed by atoms with Crippen molar-refractivity contribution in [3.05, 3.63) is 80.3 Å². The third-order valence-corrected chi connectivity index (χ3v) is 7.04. The number of hydrogen-bond acceptors (Lipinski definition) is 5. The summed E-state index contributed by atoms with van der Waals surface area (Å²) in [6.45, 7) is 1.84. The molecule has 0 aliphatic carbocycles. The minimum Gasteiger partial charge on any atom is -0.456 e. The van der Waals surface area contributed by atoms with E-state index in [9.17, 15) is 18.5 Å². The number of nitro groups is 1. The number of fused-ring (bicyclic) bond motifs is 3. The van der Waals surface area contributed by atoms with Crippen LogP contribution in [0.25, 0.3) is 21.9 Å². The molecule has 1 heterocycles. The van der Waals surface area contributed by atoms with E-state index in [0.717, 1.165) is 0 Å². The van der Waals surface area contributed by atoms with Gasteiger partial charge in [-0.05, 0) is 54.4 Å². The molecule has 31 heavy (non-hydrogen) atoms. The third-order valence-electron chi connectivity index (χ3n) is 4.99. The third kappa shape index (κ3) is 4.12. The van der Waals surface area contributed by atoms with E-state index in [4.69, 9.17) is 27.6 Å². The lowest BCUT2D eigenvalue weighted by molar-refractivity contribution is -0.384. The number of benzene rings is 3. The minimum atomic E-state index is -3.91. The monoisotopic (exact) mass is 478 g/mol. The molecule has 4 aromatic rings. The zero-order valence-corrected chi connectivity index (χ0v) is 18.5. The molecule has 0 aliphatic rings. The summed E-state index contributed by atoms with van der Waals surface area (Å²) in [7, 11) is -3.91. The van der Waals surface area contributed by atoms with Gasteiger partial charge in [0.15, 0.2) is 0 Å². The summed E-state index contributed by atoms with van der Waals surface area (Å²) >= 11 is 12.3. The lowest BCUT2D eigenvalue weighted by atomic mass is 10.1. The SMILES string of the molecule is CC[C@H](NS(=O)(=O)c1ccc2oc3cc([N+](=O)[O-])ccc3c2c1)c1cc(Cl)ccc1Cl. The summed E-state index contributed by atoms with van der Waals surface area (Å²) in [5, 5.41) is 13.0. The number of furan rings is 1. The molecular weight excluding hydrogens is 463 g/mol. The highest BCUT2D eigenvalue weighted by molar-refractivity contribution is 7.89. The molecule has 1 N–H and O–H groups in total. The molecule has 0 unspecified atom stereocenters. The van der Waals surface area contributed by atoms with Crippen molar-refractivity contribution in [2.24, 2.45) is 0 Å². The maximum Gasteiger partial charge on any atom is 0.273 e. The first-order valence-electron chi connectivity index (χ1n) is 9.27. The molecule has 0 radical (unpaired) electrons. The molecule has 0 bridgehead atoms. The first-order valence-corrected chi connectivity index (χ1v) is 11.5. The summed E-state index contributed by atoms with van der Waals surface area (Å²) in [6, 6.07) is 13.0. The Bertz CT molecular complexity index is 1430. The van der Waals surface area contributed by atoms with Gasteiger partial charge in [0, 0.05) is 32.9 Å². The number of halogens is 2. The second-order valence-electron chi connectivity index (χ2n) is 6.95. The van der Waals surface area contributed by atoms with Crippen LogP contribution in [-0.4, -0.2) is 13.3 Å². The van der Waals surface area contributed by atoms with Gasteiger partial charge in [0.25, 0.3) is 5.69 Å². The molecule has 1 aromatic heterocycles. The Kier molecular flexibility index (Phi) is 5.65. The molecule has 7 nitrogen and oxygen atoms in total. The lowest BCUT2D eigenvalue weighted by Gasteiger charge is -2.19. The van der Waals surface area contributed by atoms with Crippen LogP contribution in [0.1, 0.15) is 24.9 Å². The topological polar surface area (TPSA) is 102 Å². The van der Waals surface area contributed by atoms with E-state index in [-0.39, 0.29) is 10.6 Å². The van der Waals surface area contributed by atoms with E-state index in [1.54, 1.807) is 24.3 Å². The number of nitrogens with zero attached hydrogens (tertiary/aromatic N) is 1. The summed E-state index contributed by atoms with van der Waals surface area (Å²) in [5.41, 5.74) is 1.22. The van der Waals surface area contributed by atoms with Crippen LogP contribution in [0.15, 0.2) is 63.9 Å². The zero-order chi connectivity index (χ0) is 22.3. The summed E-state index contributed by atoms with van der Waals surface area (Å²) in [5.74, 6) is 0. The Hall–Kier alpha value is -2.65. The van der Waals surface area contributed by atoms with E-state index in [0.29, 0.717) is 44.0 Å². The van der Waals surface area contributed by atoms with Gasteiger partial charge >= 0.3 is 0 Å². The average Bonchev–Trinajstić information content (AvgIpc) is 3.11. The van der Waals surface area contributed by atoms with E-state index in [1.165, 1.54) is 30.3 Å². The van der Waals surface area contributed by atoms with Gasteiger partial charge < -0.3 is 4.42 Å². The fourth-order valence-electron chi connectivity index (χ4n) is 3.43. The molecular formula is C21H16Cl2N2O5S. The molecule has 4 rings (SSSR count). The Labute approximate surface area is 187 Å². The number of nitro benzene ring substituents is 1. The van der Waals surface area contributed by atoms with Gasteiger partial charge in [0.2, 0.25) is 10.0 Å². The Morgan fingerprint density at radius 2 is 1.81 bits per heavy atom. The van der Waals surface area contributed by atoms with Crippen LogP contribution < -0.4 is 4.72 Å². The standard InChI is InChI=1S/C21H16Cl2N2O5S/c1-2-19(17-9-12(22)3-7-18(17)23)24-31(28,29)14-5-8-20-16(11-14)15-6-4-13(25(26)27)10-21(15)30-20/h3-11,19,24H,2H2,1H3/t19-/m0/s1. The number of non-ortho nitro benzene ring substituents is 1. The summed E-state index contributed by atoms with van der Waals surface area (Å²) in [6.07, 6.45) is 0.458. The molecule has 0 saturated heterocycles. The van der Waals surface area contributed by atoms with Crippen molar-refractivity contribution in [2.75, 3.05) is 0 Å². The predicted octanol–water partition coefficient (Wildman–Crippen LogP) is 6.23. The van der Waals surface area contributed by atoms with Gasteiger partial charge in [0.05, 0.1) is 15.9 Å². The molecule has 10 heteroatoms. The van der Waals surface area contributed by atoms with Crippen molar-refractivity contribution in [1.82, 2.24) is 4.72 Å². The lowest BCUT2D eigenvalue weighted by Crippen LogP contribution is -2.28. The molecule has 0 spiro atoms. The normalized spacial score (nSPS) is 13.0. The largest absolute Gasteiger partial charge is 0.456 e. The highest BCUT2D eigenvalue weighted by atomic mass is 35.5. The number of rotatable bonds is 6. The van der Waals surface area contributed by atoms with Gasteiger partial charge in [-0.3, -0.25) is 10.1 Å². The second-order valence-corrected chi connectivity index (χ2v) is 9.50. The maximum absolute atomic E-state index is 13.1. The maximum atomic E-state index is 13.1. The molecule has 0 aliphatic heterocycles. The smallest absolute Gasteiger partial charge is 0.273 e. The fourth-order valence-corrected chi connectivity index (χ4v) is 5.18. The van der Waals surface area contributed by atoms with Gasteiger partial charge in [-0.1, -0.05) is 30.1 Å². The molecule has 1 atom stereocenters. The van der Waals surface area contributed by atoms with Crippen LogP contribution in [0.5, 0.6) is 0 Å². The van der Waals surface area contributed by atoms with Crippen LogP contribution >= 0.6 is 23.2 Å². The summed E-state index contributed by atoms with van der Waals surface area (Å²) < 4.78 is 34.6. The van der Waals surface area contributed by atoms with Crippen molar-refractivity contribution in [1.29, 1.82) is 0 Å². The van der Waals surface area contributed by atoms with Crippen LogP contribution in [-0.2, 0) is 10.0 Å². The van der Waals surface area contributed by atoms with E-state index in [2.05, 4.69) is 4.72 Å². The molecule has 0 saturated carbocycles. The zero-order valence-electron chi connectivity index (χ0n) is 16.1.